The second kappa shape index (κ2) is 10.5. The summed E-state index contributed by atoms with van der Waals surface area (Å²) in [5.41, 5.74) is 3.91. The number of rotatable bonds is 9. The van der Waals surface area contributed by atoms with Crippen LogP contribution in [0.2, 0.25) is 0 Å². The number of hydrogen-bond donors (Lipinski definition) is 1. The number of aryl methyl sites for hydroxylation is 1. The van der Waals surface area contributed by atoms with Crippen molar-refractivity contribution in [3.8, 4) is 28.6 Å². The predicted molar refractivity (Wildman–Crippen MR) is 128 cm³/mol. The van der Waals surface area contributed by atoms with E-state index in [0.29, 0.717) is 41.8 Å². The molecule has 2 aromatic carbocycles. The lowest BCUT2D eigenvalue weighted by molar-refractivity contribution is 0.0988. The van der Waals surface area contributed by atoms with E-state index < -0.39 is 0 Å². The highest BCUT2D eigenvalue weighted by Crippen LogP contribution is 2.28. The molecule has 4 aromatic rings. The molecule has 1 amide bonds. The van der Waals surface area contributed by atoms with Gasteiger partial charge in [-0.3, -0.25) is 4.79 Å². The second-order valence-corrected chi connectivity index (χ2v) is 7.52. The van der Waals surface area contributed by atoms with Gasteiger partial charge in [0.05, 0.1) is 32.2 Å². The fourth-order valence-corrected chi connectivity index (χ4v) is 3.39. The lowest BCUT2D eigenvalue weighted by Gasteiger charge is -2.11. The van der Waals surface area contributed by atoms with E-state index in [9.17, 15) is 4.79 Å². The van der Waals surface area contributed by atoms with Crippen LogP contribution >= 0.6 is 0 Å². The first-order chi connectivity index (χ1) is 16.6. The quantitative estimate of drug-likeness (QED) is 0.379. The van der Waals surface area contributed by atoms with Crippen LogP contribution in [0.3, 0.4) is 0 Å². The largest absolute Gasteiger partial charge is 0.493 e. The third kappa shape index (κ3) is 5.53. The summed E-state index contributed by atoms with van der Waals surface area (Å²) in [5, 5.41) is 6.56. The maximum Gasteiger partial charge on any atom is 0.294 e. The lowest BCUT2D eigenvalue weighted by Crippen LogP contribution is -2.10. The topological polar surface area (TPSA) is 95.7 Å². The molecule has 174 valence electrons. The van der Waals surface area contributed by atoms with E-state index in [-0.39, 0.29) is 11.7 Å². The molecule has 4 rings (SSSR count). The number of methoxy groups -OCH3 is 2. The number of carbonyl (C=O) groups excluding carboxylic acids is 1. The van der Waals surface area contributed by atoms with Crippen molar-refractivity contribution in [2.45, 2.75) is 13.3 Å². The summed E-state index contributed by atoms with van der Waals surface area (Å²) in [4.78, 5) is 17.0. The summed E-state index contributed by atoms with van der Waals surface area (Å²) in [6.07, 6.45) is 0.689. The van der Waals surface area contributed by atoms with Gasteiger partial charge in [0.2, 0.25) is 11.6 Å². The minimum atomic E-state index is -0.363. The first kappa shape index (κ1) is 22.8. The number of benzene rings is 2. The SMILES string of the molecule is COc1ccc(CCOc2cccc(-c3cccc(NC(=O)c4cc(C)no4)c3)n2)cc1OC. The Hall–Kier alpha value is -4.33. The minimum absolute atomic E-state index is 0.158. The highest BCUT2D eigenvalue weighted by Gasteiger charge is 2.12. The molecule has 0 spiro atoms. The molecule has 0 unspecified atom stereocenters. The summed E-state index contributed by atoms with van der Waals surface area (Å²) >= 11 is 0. The van der Waals surface area contributed by atoms with Gasteiger partial charge in [0.25, 0.3) is 5.91 Å². The number of hydrogen-bond acceptors (Lipinski definition) is 7. The Bertz CT molecular complexity index is 1280. The van der Waals surface area contributed by atoms with Gasteiger partial charge >= 0.3 is 0 Å². The molecule has 8 heteroatoms. The molecule has 8 nitrogen and oxygen atoms in total. The van der Waals surface area contributed by atoms with Crippen LogP contribution in [0, 0.1) is 6.92 Å². The zero-order valence-electron chi connectivity index (χ0n) is 19.2. The first-order valence-electron chi connectivity index (χ1n) is 10.7. The molecule has 0 saturated heterocycles. The average Bonchev–Trinajstić information content (AvgIpc) is 3.31. The van der Waals surface area contributed by atoms with Gasteiger partial charge in [0.1, 0.15) is 0 Å². The molecule has 1 N–H and O–H groups in total. The zero-order valence-corrected chi connectivity index (χ0v) is 19.2. The molecule has 2 heterocycles. The summed E-state index contributed by atoms with van der Waals surface area (Å²) in [5.74, 6) is 1.69. The Kier molecular flexibility index (Phi) is 7.07. The molecule has 0 saturated carbocycles. The maximum atomic E-state index is 12.3. The average molecular weight is 460 g/mol. The molecule has 0 atom stereocenters. The van der Waals surface area contributed by atoms with Crippen molar-refractivity contribution in [1.82, 2.24) is 10.1 Å². The van der Waals surface area contributed by atoms with Crippen LogP contribution in [0.5, 0.6) is 17.4 Å². The molecule has 0 fully saturated rings. The number of aromatic nitrogens is 2. The van der Waals surface area contributed by atoms with Gasteiger partial charge in [-0.25, -0.2) is 4.98 Å². The Morgan fingerprint density at radius 1 is 0.971 bits per heavy atom. The van der Waals surface area contributed by atoms with E-state index in [1.807, 2.05) is 54.6 Å². The van der Waals surface area contributed by atoms with Crippen LogP contribution in [0.4, 0.5) is 5.69 Å². The molecule has 0 aliphatic heterocycles. The predicted octanol–water partition coefficient (Wildman–Crippen LogP) is 4.94. The first-order valence-corrected chi connectivity index (χ1v) is 10.7. The fourth-order valence-electron chi connectivity index (χ4n) is 3.39. The number of amides is 1. The monoisotopic (exact) mass is 459 g/mol. The molecule has 0 radical (unpaired) electrons. The van der Waals surface area contributed by atoms with Crippen molar-refractivity contribution in [3.63, 3.8) is 0 Å². The van der Waals surface area contributed by atoms with Gasteiger partial charge in [0, 0.05) is 29.8 Å². The van der Waals surface area contributed by atoms with Gasteiger partial charge in [-0.15, -0.1) is 0 Å². The fraction of sp³-hybridized carbons (Fsp3) is 0.192. The third-order valence-electron chi connectivity index (χ3n) is 5.08. The molecule has 0 aliphatic carbocycles. The molecule has 0 bridgehead atoms. The third-order valence-corrected chi connectivity index (χ3v) is 5.08. The van der Waals surface area contributed by atoms with Gasteiger partial charge in [-0.05, 0) is 42.8 Å². The highest BCUT2D eigenvalue weighted by molar-refractivity contribution is 6.02. The number of nitrogens with zero attached hydrogens (tertiary/aromatic N) is 2. The lowest BCUT2D eigenvalue weighted by atomic mass is 10.1. The molecular formula is C26H25N3O5. The van der Waals surface area contributed by atoms with Crippen molar-refractivity contribution in [1.29, 1.82) is 0 Å². The Labute approximate surface area is 197 Å². The standard InChI is InChI=1S/C26H25N3O5/c1-17-14-24(34-29-17)26(30)27-20-7-4-6-19(16-20)21-8-5-9-25(28-21)33-13-12-18-10-11-22(31-2)23(15-18)32-3/h4-11,14-16H,12-13H2,1-3H3,(H,27,30). The number of ether oxygens (including phenoxy) is 3. The summed E-state index contributed by atoms with van der Waals surface area (Å²) in [7, 11) is 3.23. The van der Waals surface area contributed by atoms with E-state index in [0.717, 1.165) is 16.8 Å². The van der Waals surface area contributed by atoms with Gasteiger partial charge in [-0.1, -0.05) is 29.4 Å². The van der Waals surface area contributed by atoms with E-state index in [4.69, 9.17) is 18.7 Å². The number of anilines is 1. The van der Waals surface area contributed by atoms with Crippen LogP contribution in [-0.4, -0.2) is 36.9 Å². The van der Waals surface area contributed by atoms with E-state index in [1.165, 1.54) is 0 Å². The van der Waals surface area contributed by atoms with Crippen LogP contribution in [0.15, 0.2) is 71.3 Å². The van der Waals surface area contributed by atoms with Crippen molar-refractivity contribution in [2.24, 2.45) is 0 Å². The van der Waals surface area contributed by atoms with Crippen LogP contribution in [0.25, 0.3) is 11.3 Å². The Balaban J connectivity index is 1.40. The Morgan fingerprint density at radius 3 is 2.56 bits per heavy atom. The smallest absolute Gasteiger partial charge is 0.294 e. The van der Waals surface area contributed by atoms with Crippen LogP contribution in [0.1, 0.15) is 21.8 Å². The van der Waals surface area contributed by atoms with Gasteiger partial charge < -0.3 is 24.1 Å². The molecular weight excluding hydrogens is 434 g/mol. The van der Waals surface area contributed by atoms with Crippen molar-refractivity contribution in [3.05, 3.63) is 83.7 Å². The highest BCUT2D eigenvalue weighted by atomic mass is 16.5. The Morgan fingerprint density at radius 2 is 1.79 bits per heavy atom. The van der Waals surface area contributed by atoms with Crippen LogP contribution in [-0.2, 0) is 6.42 Å². The van der Waals surface area contributed by atoms with Gasteiger partial charge in [0.15, 0.2) is 11.5 Å². The summed E-state index contributed by atoms with van der Waals surface area (Å²) < 4.78 is 21.5. The van der Waals surface area contributed by atoms with Crippen LogP contribution < -0.4 is 19.5 Å². The van der Waals surface area contributed by atoms with Crippen molar-refractivity contribution >= 4 is 11.6 Å². The number of nitrogens with one attached hydrogen (secondary N) is 1. The molecule has 34 heavy (non-hydrogen) atoms. The molecule has 0 aliphatic rings. The van der Waals surface area contributed by atoms with Crippen molar-refractivity contribution < 1.29 is 23.5 Å². The van der Waals surface area contributed by atoms with Crippen molar-refractivity contribution in [2.75, 3.05) is 26.1 Å². The summed E-state index contributed by atoms with van der Waals surface area (Å²) in [6.45, 7) is 2.22. The van der Waals surface area contributed by atoms with E-state index in [2.05, 4.69) is 15.5 Å². The zero-order chi connectivity index (χ0) is 23.9. The maximum absolute atomic E-state index is 12.3. The van der Waals surface area contributed by atoms with E-state index >= 15 is 0 Å². The summed E-state index contributed by atoms with van der Waals surface area (Å²) in [6, 6.07) is 20.4. The normalized spacial score (nSPS) is 10.6. The second-order valence-electron chi connectivity index (χ2n) is 7.52. The van der Waals surface area contributed by atoms with Gasteiger partial charge in [-0.2, -0.15) is 0 Å². The molecule has 2 aromatic heterocycles. The number of carbonyl (C=O) groups is 1. The van der Waals surface area contributed by atoms with E-state index in [1.54, 1.807) is 33.3 Å². The number of pyridine rings is 1. The minimum Gasteiger partial charge on any atom is -0.493 e.